The van der Waals surface area contributed by atoms with Gasteiger partial charge in [-0.1, -0.05) is 0 Å². The van der Waals surface area contributed by atoms with Crippen molar-refractivity contribution in [3.8, 4) is 5.75 Å². The first-order valence-corrected chi connectivity index (χ1v) is 8.14. The average molecular weight is 317 g/mol. The Morgan fingerprint density at radius 1 is 1.29 bits per heavy atom. The Morgan fingerprint density at radius 2 is 2.00 bits per heavy atom. The summed E-state index contributed by atoms with van der Waals surface area (Å²) in [6.07, 6.45) is 0.884. The van der Waals surface area contributed by atoms with Crippen molar-refractivity contribution in [2.24, 2.45) is 0 Å². The van der Waals surface area contributed by atoms with Crippen LogP contribution in [0.4, 0.5) is 0 Å². The molecule has 0 saturated carbocycles. The highest BCUT2D eigenvalue weighted by atomic mass is 32.2. The lowest BCUT2D eigenvalue weighted by Gasteiger charge is -2.19. The molecule has 6 nitrogen and oxygen atoms in total. The Bertz CT molecular complexity index is 544. The number of hydrogen-bond acceptors (Lipinski definition) is 5. The lowest BCUT2D eigenvalue weighted by atomic mass is 10.1. The summed E-state index contributed by atoms with van der Waals surface area (Å²) in [6.45, 7) is 0.760. The normalized spacial score (nSPS) is 11.9. The van der Waals surface area contributed by atoms with Crippen LogP contribution in [0.2, 0.25) is 0 Å². The SMILES string of the molecule is COCCCN(C)S(=O)(=O)c1ccc(OC)cc1CCO. The minimum Gasteiger partial charge on any atom is -0.497 e. The van der Waals surface area contributed by atoms with Gasteiger partial charge in [0.15, 0.2) is 0 Å². The van der Waals surface area contributed by atoms with Crippen LogP contribution < -0.4 is 4.74 Å². The van der Waals surface area contributed by atoms with Gasteiger partial charge < -0.3 is 14.6 Å². The molecule has 120 valence electrons. The second-order valence-electron chi connectivity index (χ2n) is 4.62. The third-order valence-corrected chi connectivity index (χ3v) is 5.12. The fourth-order valence-electron chi connectivity index (χ4n) is 1.97. The Kier molecular flexibility index (Phi) is 7.10. The quantitative estimate of drug-likeness (QED) is 0.685. The third kappa shape index (κ3) is 4.67. The molecule has 7 heteroatoms. The van der Waals surface area contributed by atoms with Gasteiger partial charge >= 0.3 is 0 Å². The molecule has 0 bridgehead atoms. The van der Waals surface area contributed by atoms with Crippen LogP contribution in [0.5, 0.6) is 5.75 Å². The molecule has 1 rings (SSSR count). The van der Waals surface area contributed by atoms with E-state index in [9.17, 15) is 8.42 Å². The van der Waals surface area contributed by atoms with E-state index >= 15 is 0 Å². The maximum atomic E-state index is 12.6. The zero-order valence-electron chi connectivity index (χ0n) is 12.7. The van der Waals surface area contributed by atoms with Crippen molar-refractivity contribution in [2.45, 2.75) is 17.7 Å². The second kappa shape index (κ2) is 8.33. The molecule has 0 unspecified atom stereocenters. The minimum absolute atomic E-state index is 0.122. The fourth-order valence-corrected chi connectivity index (χ4v) is 3.41. The predicted molar refractivity (Wildman–Crippen MR) is 80.1 cm³/mol. The minimum atomic E-state index is -3.59. The standard InChI is InChI=1S/C14H23NO5S/c1-15(8-4-10-19-2)21(17,18)14-6-5-13(20-3)11-12(14)7-9-16/h5-6,11,16H,4,7-10H2,1-3H3. The van der Waals surface area contributed by atoms with E-state index in [1.54, 1.807) is 19.2 Å². The van der Waals surface area contributed by atoms with Crippen LogP contribution in [0.15, 0.2) is 23.1 Å². The van der Waals surface area contributed by atoms with Gasteiger partial charge in [-0.15, -0.1) is 0 Å². The van der Waals surface area contributed by atoms with Gasteiger partial charge in [0.1, 0.15) is 5.75 Å². The van der Waals surface area contributed by atoms with Gasteiger partial charge in [0.25, 0.3) is 0 Å². The molecule has 1 aromatic carbocycles. The molecular weight excluding hydrogens is 294 g/mol. The number of ether oxygens (including phenoxy) is 2. The maximum absolute atomic E-state index is 12.6. The van der Waals surface area contributed by atoms with E-state index in [1.807, 2.05) is 0 Å². The van der Waals surface area contributed by atoms with Crippen molar-refractivity contribution in [2.75, 3.05) is 41.0 Å². The van der Waals surface area contributed by atoms with Gasteiger partial charge in [-0.2, -0.15) is 0 Å². The lowest BCUT2D eigenvalue weighted by Crippen LogP contribution is -2.29. The number of aliphatic hydroxyl groups is 1. The van der Waals surface area contributed by atoms with Crippen molar-refractivity contribution in [3.05, 3.63) is 23.8 Å². The predicted octanol–water partition coefficient (Wildman–Crippen LogP) is 0.887. The first kappa shape index (κ1) is 17.9. The monoisotopic (exact) mass is 317 g/mol. The number of benzene rings is 1. The largest absolute Gasteiger partial charge is 0.497 e. The molecule has 1 aromatic rings. The topological polar surface area (TPSA) is 76.1 Å². The van der Waals surface area contributed by atoms with Crippen LogP contribution >= 0.6 is 0 Å². The Morgan fingerprint density at radius 3 is 2.57 bits per heavy atom. The summed E-state index contributed by atoms with van der Waals surface area (Å²) in [5.74, 6) is 0.569. The smallest absolute Gasteiger partial charge is 0.243 e. The summed E-state index contributed by atoms with van der Waals surface area (Å²) in [6, 6.07) is 4.77. The van der Waals surface area contributed by atoms with Crippen molar-refractivity contribution in [3.63, 3.8) is 0 Å². The molecule has 0 spiro atoms. The van der Waals surface area contributed by atoms with E-state index < -0.39 is 10.0 Å². The Labute approximate surface area is 126 Å². The first-order valence-electron chi connectivity index (χ1n) is 6.70. The van der Waals surface area contributed by atoms with Crippen molar-refractivity contribution in [1.82, 2.24) is 4.31 Å². The van der Waals surface area contributed by atoms with E-state index in [0.29, 0.717) is 30.9 Å². The molecule has 0 atom stereocenters. The van der Waals surface area contributed by atoms with Crippen LogP contribution in [0, 0.1) is 0 Å². The molecule has 0 amide bonds. The fraction of sp³-hybridized carbons (Fsp3) is 0.571. The molecule has 0 aliphatic heterocycles. The van der Waals surface area contributed by atoms with Crippen LogP contribution in [-0.4, -0.2) is 58.9 Å². The zero-order valence-corrected chi connectivity index (χ0v) is 13.5. The molecule has 0 fully saturated rings. The number of methoxy groups -OCH3 is 2. The average Bonchev–Trinajstić information content (AvgIpc) is 2.47. The summed E-state index contributed by atoms with van der Waals surface area (Å²) >= 11 is 0. The van der Waals surface area contributed by atoms with Crippen molar-refractivity contribution in [1.29, 1.82) is 0 Å². The first-order chi connectivity index (χ1) is 9.97. The molecular formula is C14H23NO5S. The highest BCUT2D eigenvalue weighted by Crippen LogP contribution is 2.24. The summed E-state index contributed by atoms with van der Waals surface area (Å²) in [5, 5.41) is 9.12. The van der Waals surface area contributed by atoms with E-state index in [4.69, 9.17) is 14.6 Å². The lowest BCUT2D eigenvalue weighted by molar-refractivity contribution is 0.189. The zero-order chi connectivity index (χ0) is 15.9. The second-order valence-corrected chi connectivity index (χ2v) is 6.63. The van der Waals surface area contributed by atoms with E-state index in [1.165, 1.54) is 24.5 Å². The van der Waals surface area contributed by atoms with E-state index in [-0.39, 0.29) is 17.9 Å². The van der Waals surface area contributed by atoms with Gasteiger partial charge in [-0.25, -0.2) is 12.7 Å². The Hall–Kier alpha value is -1.15. The van der Waals surface area contributed by atoms with Gasteiger partial charge in [0, 0.05) is 33.9 Å². The molecule has 0 aromatic heterocycles. The number of aliphatic hydroxyl groups excluding tert-OH is 1. The van der Waals surface area contributed by atoms with Crippen LogP contribution in [0.3, 0.4) is 0 Å². The van der Waals surface area contributed by atoms with Crippen LogP contribution in [0.1, 0.15) is 12.0 Å². The number of rotatable bonds is 9. The summed E-state index contributed by atoms with van der Waals surface area (Å²) in [5.41, 5.74) is 0.551. The highest BCUT2D eigenvalue weighted by molar-refractivity contribution is 7.89. The van der Waals surface area contributed by atoms with E-state index in [0.717, 1.165) is 0 Å². The maximum Gasteiger partial charge on any atom is 0.243 e. The summed E-state index contributed by atoms with van der Waals surface area (Å²) in [7, 11) is 1.05. The highest BCUT2D eigenvalue weighted by Gasteiger charge is 2.23. The molecule has 0 heterocycles. The molecule has 1 N–H and O–H groups in total. The van der Waals surface area contributed by atoms with Gasteiger partial charge in [-0.05, 0) is 36.6 Å². The molecule has 0 radical (unpaired) electrons. The molecule has 0 aliphatic carbocycles. The van der Waals surface area contributed by atoms with Crippen molar-refractivity contribution < 1.29 is 23.0 Å². The van der Waals surface area contributed by atoms with Crippen LogP contribution in [-0.2, 0) is 21.2 Å². The summed E-state index contributed by atoms with van der Waals surface area (Å²) in [4.78, 5) is 0.206. The van der Waals surface area contributed by atoms with E-state index in [2.05, 4.69) is 0 Å². The Balaban J connectivity index is 3.06. The molecule has 0 aliphatic rings. The number of hydrogen-bond donors (Lipinski definition) is 1. The third-order valence-electron chi connectivity index (χ3n) is 3.16. The number of nitrogens with zero attached hydrogens (tertiary/aromatic N) is 1. The van der Waals surface area contributed by atoms with Gasteiger partial charge in [-0.3, -0.25) is 0 Å². The van der Waals surface area contributed by atoms with Crippen LogP contribution in [0.25, 0.3) is 0 Å². The van der Waals surface area contributed by atoms with Gasteiger partial charge in [0.2, 0.25) is 10.0 Å². The molecule has 21 heavy (non-hydrogen) atoms. The number of sulfonamides is 1. The van der Waals surface area contributed by atoms with Crippen molar-refractivity contribution >= 4 is 10.0 Å². The summed E-state index contributed by atoms with van der Waals surface area (Å²) < 4.78 is 36.5. The van der Waals surface area contributed by atoms with Gasteiger partial charge in [0.05, 0.1) is 12.0 Å². The molecule has 0 saturated heterocycles.